The molecule has 1 heterocycles. The van der Waals surface area contributed by atoms with E-state index in [2.05, 4.69) is 4.90 Å². The number of piperidine rings is 1. The second kappa shape index (κ2) is 8.11. The van der Waals surface area contributed by atoms with Crippen LogP contribution in [0.5, 0.6) is 0 Å². The van der Waals surface area contributed by atoms with Crippen LogP contribution in [0.1, 0.15) is 31.4 Å². The zero-order valence-electron chi connectivity index (χ0n) is 14.2. The normalized spacial score (nSPS) is 19.9. The Morgan fingerprint density at radius 3 is 2.61 bits per heavy atom. The first kappa shape index (κ1) is 17.5. The molecule has 1 aliphatic heterocycles. The van der Waals surface area contributed by atoms with Crippen LogP contribution in [0.2, 0.25) is 0 Å². The van der Waals surface area contributed by atoms with E-state index in [0.717, 1.165) is 24.9 Å². The fourth-order valence-electron chi connectivity index (χ4n) is 3.08. The first-order valence-corrected chi connectivity index (χ1v) is 8.21. The molecular weight excluding hydrogens is 292 g/mol. The number of hydrogen-bond acceptors (Lipinski definition) is 4. The summed E-state index contributed by atoms with van der Waals surface area (Å²) in [5.74, 6) is -0.258. The number of amides is 1. The highest BCUT2D eigenvalue weighted by Crippen LogP contribution is 2.28. The van der Waals surface area contributed by atoms with Crippen molar-refractivity contribution in [3.63, 3.8) is 0 Å². The summed E-state index contributed by atoms with van der Waals surface area (Å²) in [4.78, 5) is 28.5. The molecule has 0 radical (unpaired) electrons. The Balaban J connectivity index is 2.21. The molecule has 5 nitrogen and oxygen atoms in total. The molecule has 0 N–H and O–H groups in total. The summed E-state index contributed by atoms with van der Waals surface area (Å²) >= 11 is 0. The van der Waals surface area contributed by atoms with Crippen LogP contribution in [0, 0.1) is 5.92 Å². The van der Waals surface area contributed by atoms with Crippen LogP contribution in [0.4, 0.5) is 0 Å². The first-order chi connectivity index (χ1) is 11.0. The second-order valence-electron chi connectivity index (χ2n) is 6.13. The third kappa shape index (κ3) is 4.32. The summed E-state index contributed by atoms with van der Waals surface area (Å²) in [6.45, 7) is 3.60. The molecule has 2 atom stereocenters. The van der Waals surface area contributed by atoms with Crippen molar-refractivity contribution in [3.8, 4) is 0 Å². The lowest BCUT2D eigenvalue weighted by molar-refractivity contribution is -0.151. The Morgan fingerprint density at radius 1 is 1.30 bits per heavy atom. The van der Waals surface area contributed by atoms with Gasteiger partial charge in [0.25, 0.3) is 0 Å². The third-order valence-electron chi connectivity index (χ3n) is 4.23. The van der Waals surface area contributed by atoms with Crippen molar-refractivity contribution in [3.05, 3.63) is 35.9 Å². The van der Waals surface area contributed by atoms with Gasteiger partial charge in [-0.1, -0.05) is 30.3 Å². The number of ether oxygens (including phenoxy) is 1. The number of hydrogen-bond donors (Lipinski definition) is 0. The maximum Gasteiger partial charge on any atom is 0.310 e. The summed E-state index contributed by atoms with van der Waals surface area (Å²) in [5.41, 5.74) is 0.968. The molecule has 0 aromatic heterocycles. The summed E-state index contributed by atoms with van der Waals surface area (Å²) in [6.07, 6.45) is 1.72. The van der Waals surface area contributed by atoms with Crippen LogP contribution in [0.15, 0.2) is 30.3 Å². The molecule has 2 rings (SSSR count). The van der Waals surface area contributed by atoms with Crippen molar-refractivity contribution in [2.24, 2.45) is 5.92 Å². The molecule has 1 aromatic carbocycles. The van der Waals surface area contributed by atoms with Gasteiger partial charge in [0.1, 0.15) is 6.04 Å². The van der Waals surface area contributed by atoms with E-state index in [1.54, 1.807) is 19.0 Å². The van der Waals surface area contributed by atoms with Crippen LogP contribution in [0.3, 0.4) is 0 Å². The van der Waals surface area contributed by atoms with Gasteiger partial charge in [0.15, 0.2) is 0 Å². The molecule has 1 fully saturated rings. The lowest BCUT2D eigenvalue weighted by atomic mass is 9.94. The molecule has 0 aliphatic carbocycles. The van der Waals surface area contributed by atoms with E-state index in [1.165, 1.54) is 0 Å². The van der Waals surface area contributed by atoms with Gasteiger partial charge in [0, 0.05) is 20.6 Å². The standard InChI is InChI=1S/C18H26N2O3/c1-4-23-18(22)15-11-8-12-20(13-15)16(17(21)19(2)3)14-9-6-5-7-10-14/h5-7,9-10,15-16H,4,8,11-13H2,1-3H3. The number of carbonyl (C=O) groups excluding carboxylic acids is 2. The smallest absolute Gasteiger partial charge is 0.310 e. The highest BCUT2D eigenvalue weighted by molar-refractivity contribution is 5.83. The minimum Gasteiger partial charge on any atom is -0.466 e. The number of rotatable bonds is 5. The zero-order chi connectivity index (χ0) is 16.8. The van der Waals surface area contributed by atoms with Crippen molar-refractivity contribution in [2.75, 3.05) is 33.8 Å². The molecular formula is C18H26N2O3. The predicted octanol–water partition coefficient (Wildman–Crippen LogP) is 2.09. The van der Waals surface area contributed by atoms with E-state index in [0.29, 0.717) is 13.2 Å². The molecule has 2 unspecified atom stereocenters. The largest absolute Gasteiger partial charge is 0.466 e. The second-order valence-corrected chi connectivity index (χ2v) is 6.13. The van der Waals surface area contributed by atoms with Gasteiger partial charge in [0.2, 0.25) is 5.91 Å². The SMILES string of the molecule is CCOC(=O)C1CCCN(C(C(=O)N(C)C)c2ccccc2)C1. The molecule has 5 heteroatoms. The van der Waals surface area contributed by atoms with Gasteiger partial charge in [-0.2, -0.15) is 0 Å². The lowest BCUT2D eigenvalue weighted by Gasteiger charge is -2.37. The van der Waals surface area contributed by atoms with E-state index in [9.17, 15) is 9.59 Å². The van der Waals surface area contributed by atoms with Gasteiger partial charge in [-0.25, -0.2) is 0 Å². The summed E-state index contributed by atoms with van der Waals surface area (Å²) < 4.78 is 5.16. The van der Waals surface area contributed by atoms with Crippen LogP contribution < -0.4 is 0 Å². The molecule has 126 valence electrons. The van der Waals surface area contributed by atoms with Crippen LogP contribution in [-0.2, 0) is 14.3 Å². The average Bonchev–Trinajstić information content (AvgIpc) is 2.56. The van der Waals surface area contributed by atoms with Gasteiger partial charge in [0.05, 0.1) is 12.5 Å². The van der Waals surface area contributed by atoms with Crippen LogP contribution >= 0.6 is 0 Å². The van der Waals surface area contributed by atoms with Crippen molar-refractivity contribution in [2.45, 2.75) is 25.8 Å². The van der Waals surface area contributed by atoms with Crippen LogP contribution in [-0.4, -0.2) is 55.5 Å². The van der Waals surface area contributed by atoms with E-state index < -0.39 is 0 Å². The van der Waals surface area contributed by atoms with Gasteiger partial charge >= 0.3 is 5.97 Å². The molecule has 0 spiro atoms. The molecule has 23 heavy (non-hydrogen) atoms. The summed E-state index contributed by atoms with van der Waals surface area (Å²) in [7, 11) is 3.54. The van der Waals surface area contributed by atoms with Gasteiger partial charge in [-0.05, 0) is 31.9 Å². The Hall–Kier alpha value is -1.88. The van der Waals surface area contributed by atoms with Crippen molar-refractivity contribution >= 4 is 11.9 Å². The number of carbonyl (C=O) groups is 2. The zero-order valence-corrected chi connectivity index (χ0v) is 14.2. The van der Waals surface area contributed by atoms with E-state index >= 15 is 0 Å². The topological polar surface area (TPSA) is 49.9 Å². The molecule has 1 saturated heterocycles. The molecule has 1 aliphatic rings. The number of likely N-dealkylation sites (tertiary alicyclic amines) is 1. The number of likely N-dealkylation sites (N-methyl/N-ethyl adjacent to an activating group) is 1. The van der Waals surface area contributed by atoms with E-state index in [-0.39, 0.29) is 23.8 Å². The minimum atomic E-state index is -0.344. The highest BCUT2D eigenvalue weighted by Gasteiger charge is 2.35. The fraction of sp³-hybridized carbons (Fsp3) is 0.556. The van der Waals surface area contributed by atoms with Crippen molar-refractivity contribution in [1.29, 1.82) is 0 Å². The maximum atomic E-state index is 12.7. The Bertz CT molecular complexity index is 530. The maximum absolute atomic E-state index is 12.7. The summed E-state index contributed by atoms with van der Waals surface area (Å²) in [6, 6.07) is 9.43. The number of esters is 1. The van der Waals surface area contributed by atoms with E-state index in [1.807, 2.05) is 37.3 Å². The van der Waals surface area contributed by atoms with Crippen LogP contribution in [0.25, 0.3) is 0 Å². The minimum absolute atomic E-state index is 0.0423. The molecule has 0 bridgehead atoms. The molecule has 1 aromatic rings. The number of nitrogens with zero attached hydrogens (tertiary/aromatic N) is 2. The summed E-state index contributed by atoms with van der Waals surface area (Å²) in [5, 5.41) is 0. The predicted molar refractivity (Wildman–Crippen MR) is 88.8 cm³/mol. The average molecular weight is 318 g/mol. The highest BCUT2D eigenvalue weighted by atomic mass is 16.5. The van der Waals surface area contributed by atoms with Crippen molar-refractivity contribution < 1.29 is 14.3 Å². The quantitative estimate of drug-likeness (QED) is 0.780. The first-order valence-electron chi connectivity index (χ1n) is 8.21. The molecule has 1 amide bonds. The van der Waals surface area contributed by atoms with Gasteiger partial charge in [-0.15, -0.1) is 0 Å². The van der Waals surface area contributed by atoms with Gasteiger partial charge in [-0.3, -0.25) is 14.5 Å². The van der Waals surface area contributed by atoms with Crippen molar-refractivity contribution in [1.82, 2.24) is 9.80 Å². The molecule has 0 saturated carbocycles. The monoisotopic (exact) mass is 318 g/mol. The fourth-order valence-corrected chi connectivity index (χ4v) is 3.08. The Morgan fingerprint density at radius 2 is 2.00 bits per heavy atom. The van der Waals surface area contributed by atoms with E-state index in [4.69, 9.17) is 4.74 Å². The lowest BCUT2D eigenvalue weighted by Crippen LogP contribution is -2.46. The number of benzene rings is 1. The Labute approximate surface area is 138 Å². The Kier molecular flexibility index (Phi) is 6.16. The third-order valence-corrected chi connectivity index (χ3v) is 4.23. The van der Waals surface area contributed by atoms with Gasteiger partial charge < -0.3 is 9.64 Å².